The van der Waals surface area contributed by atoms with Gasteiger partial charge in [0, 0.05) is 36.2 Å². The first-order valence-corrected chi connectivity index (χ1v) is 10.5. The number of rotatable bonds is 5. The maximum atomic E-state index is 13.5. The maximum Gasteiger partial charge on any atom is 0.253 e. The third-order valence-corrected chi connectivity index (χ3v) is 5.54. The molecule has 1 aliphatic rings. The van der Waals surface area contributed by atoms with Crippen LogP contribution in [0, 0.1) is 18.7 Å². The fourth-order valence-electron chi connectivity index (χ4n) is 3.58. The van der Waals surface area contributed by atoms with Crippen LogP contribution in [0.5, 0.6) is 0 Å². The van der Waals surface area contributed by atoms with Gasteiger partial charge in [-0.25, -0.2) is 9.37 Å². The molecule has 6 nitrogen and oxygen atoms in total. The van der Waals surface area contributed by atoms with Gasteiger partial charge in [0.05, 0.1) is 0 Å². The van der Waals surface area contributed by atoms with E-state index in [4.69, 9.17) is 0 Å². The van der Waals surface area contributed by atoms with E-state index in [1.807, 2.05) is 29.2 Å². The van der Waals surface area contributed by atoms with Gasteiger partial charge in [-0.15, -0.1) is 0 Å². The van der Waals surface area contributed by atoms with Crippen LogP contribution in [0.25, 0.3) is 0 Å². The zero-order valence-electron chi connectivity index (χ0n) is 17.7. The lowest BCUT2D eigenvalue weighted by Crippen LogP contribution is -2.37. The molecular formula is C24H26FN5O. The first-order valence-electron chi connectivity index (χ1n) is 10.5. The third kappa shape index (κ3) is 5.17. The number of carbonyl (C=O) groups excluding carboxylic acids is 1. The van der Waals surface area contributed by atoms with Crippen molar-refractivity contribution in [3.8, 4) is 0 Å². The molecular weight excluding hydrogens is 393 g/mol. The average Bonchev–Trinajstić information content (AvgIpc) is 2.77. The molecule has 1 amide bonds. The van der Waals surface area contributed by atoms with Crippen LogP contribution in [-0.2, 0) is 0 Å². The Balaban J connectivity index is 1.40. The van der Waals surface area contributed by atoms with Gasteiger partial charge in [0.1, 0.15) is 11.6 Å². The number of amides is 1. The van der Waals surface area contributed by atoms with E-state index in [0.717, 1.165) is 37.3 Å². The van der Waals surface area contributed by atoms with Crippen LogP contribution in [0.2, 0.25) is 0 Å². The molecule has 4 rings (SSSR count). The minimum absolute atomic E-state index is 0.0792. The molecule has 7 heteroatoms. The normalized spacial score (nSPS) is 14.4. The molecule has 0 unspecified atom stereocenters. The number of hydrogen-bond acceptors (Lipinski definition) is 5. The van der Waals surface area contributed by atoms with Gasteiger partial charge in [-0.1, -0.05) is 6.92 Å². The Labute approximate surface area is 181 Å². The van der Waals surface area contributed by atoms with Crippen molar-refractivity contribution >= 4 is 29.0 Å². The summed E-state index contributed by atoms with van der Waals surface area (Å²) >= 11 is 0. The Kier molecular flexibility index (Phi) is 6.11. The summed E-state index contributed by atoms with van der Waals surface area (Å²) in [5, 5.41) is 6.31. The lowest BCUT2D eigenvalue weighted by atomic mass is 9.98. The number of carbonyl (C=O) groups is 1. The quantitative estimate of drug-likeness (QED) is 0.589. The third-order valence-electron chi connectivity index (χ3n) is 5.54. The number of likely N-dealkylation sites (tertiary alicyclic amines) is 1. The molecule has 1 aliphatic heterocycles. The van der Waals surface area contributed by atoms with Crippen LogP contribution in [0.1, 0.15) is 35.7 Å². The molecule has 160 valence electrons. The predicted octanol–water partition coefficient (Wildman–Crippen LogP) is 5.28. The van der Waals surface area contributed by atoms with E-state index in [9.17, 15) is 9.18 Å². The van der Waals surface area contributed by atoms with Crippen molar-refractivity contribution in [3.05, 3.63) is 71.7 Å². The maximum absolute atomic E-state index is 13.5. The van der Waals surface area contributed by atoms with Crippen molar-refractivity contribution < 1.29 is 9.18 Å². The van der Waals surface area contributed by atoms with Crippen LogP contribution >= 0.6 is 0 Å². The lowest BCUT2D eigenvalue weighted by molar-refractivity contribution is 0.0697. The van der Waals surface area contributed by atoms with Gasteiger partial charge in [-0.05, 0) is 79.8 Å². The number of aryl methyl sites for hydroxylation is 1. The van der Waals surface area contributed by atoms with E-state index < -0.39 is 0 Å². The van der Waals surface area contributed by atoms with Crippen molar-refractivity contribution in [1.82, 2.24) is 14.9 Å². The van der Waals surface area contributed by atoms with Gasteiger partial charge in [-0.2, -0.15) is 4.98 Å². The van der Waals surface area contributed by atoms with Crippen LogP contribution in [0.4, 0.5) is 27.5 Å². The SMILES string of the molecule is Cc1cc(Nc2ccnc(Nc3ccc(C(=O)N4CCC(C)CC4)cc3)n2)ccc1F. The molecule has 1 aromatic heterocycles. The molecule has 1 saturated heterocycles. The monoisotopic (exact) mass is 419 g/mol. The summed E-state index contributed by atoms with van der Waals surface area (Å²) in [7, 11) is 0. The van der Waals surface area contributed by atoms with Crippen LogP contribution < -0.4 is 10.6 Å². The molecule has 0 radical (unpaired) electrons. The molecule has 0 bridgehead atoms. The smallest absolute Gasteiger partial charge is 0.253 e. The van der Waals surface area contributed by atoms with E-state index in [1.165, 1.54) is 6.07 Å². The molecule has 0 spiro atoms. The fourth-order valence-corrected chi connectivity index (χ4v) is 3.58. The molecule has 0 saturated carbocycles. The van der Waals surface area contributed by atoms with Gasteiger partial charge >= 0.3 is 0 Å². The molecule has 31 heavy (non-hydrogen) atoms. The van der Waals surface area contributed by atoms with Crippen molar-refractivity contribution in [2.24, 2.45) is 5.92 Å². The second kappa shape index (κ2) is 9.12. The van der Waals surface area contributed by atoms with Gasteiger partial charge in [0.2, 0.25) is 5.95 Å². The molecule has 2 N–H and O–H groups in total. The van der Waals surface area contributed by atoms with Crippen molar-refractivity contribution in [1.29, 1.82) is 0 Å². The highest BCUT2D eigenvalue weighted by Gasteiger charge is 2.21. The molecule has 2 heterocycles. The predicted molar refractivity (Wildman–Crippen MR) is 120 cm³/mol. The second-order valence-corrected chi connectivity index (χ2v) is 8.03. The van der Waals surface area contributed by atoms with E-state index in [0.29, 0.717) is 28.8 Å². The largest absolute Gasteiger partial charge is 0.340 e. The summed E-state index contributed by atoms with van der Waals surface area (Å²) in [6.07, 6.45) is 3.76. The van der Waals surface area contributed by atoms with Crippen molar-refractivity contribution in [2.75, 3.05) is 23.7 Å². The van der Waals surface area contributed by atoms with E-state index in [2.05, 4.69) is 27.5 Å². The van der Waals surface area contributed by atoms with Gasteiger partial charge in [0.15, 0.2) is 0 Å². The first kappa shape index (κ1) is 20.8. The number of nitrogens with one attached hydrogen (secondary N) is 2. The Hall–Kier alpha value is -3.48. The van der Waals surface area contributed by atoms with E-state index in [-0.39, 0.29) is 11.7 Å². The molecule has 0 atom stereocenters. The van der Waals surface area contributed by atoms with Crippen molar-refractivity contribution in [3.63, 3.8) is 0 Å². The summed E-state index contributed by atoms with van der Waals surface area (Å²) in [6, 6.07) is 13.9. The Morgan fingerprint density at radius 3 is 2.45 bits per heavy atom. The number of nitrogens with zero attached hydrogens (tertiary/aromatic N) is 3. The number of anilines is 4. The summed E-state index contributed by atoms with van der Waals surface area (Å²) in [5.74, 6) is 1.54. The van der Waals surface area contributed by atoms with E-state index >= 15 is 0 Å². The molecule has 3 aromatic rings. The highest BCUT2D eigenvalue weighted by Crippen LogP contribution is 2.21. The number of benzene rings is 2. The topological polar surface area (TPSA) is 70.2 Å². The second-order valence-electron chi connectivity index (χ2n) is 8.03. The summed E-state index contributed by atoms with van der Waals surface area (Å²) < 4.78 is 13.5. The van der Waals surface area contributed by atoms with Crippen LogP contribution in [0.3, 0.4) is 0 Å². The molecule has 0 aliphatic carbocycles. The average molecular weight is 420 g/mol. The fraction of sp³-hybridized carbons (Fsp3) is 0.292. The number of piperidine rings is 1. The number of aromatic nitrogens is 2. The lowest BCUT2D eigenvalue weighted by Gasteiger charge is -2.30. The van der Waals surface area contributed by atoms with Gasteiger partial charge in [-0.3, -0.25) is 4.79 Å². The minimum atomic E-state index is -0.243. The number of halogens is 1. The summed E-state index contributed by atoms with van der Waals surface area (Å²) in [6.45, 7) is 5.59. The Morgan fingerprint density at radius 2 is 1.74 bits per heavy atom. The van der Waals surface area contributed by atoms with Crippen LogP contribution in [-0.4, -0.2) is 33.9 Å². The highest BCUT2D eigenvalue weighted by atomic mass is 19.1. The standard InChI is InChI=1S/C24H26FN5O/c1-16-10-13-30(14-11-16)23(31)18-3-5-19(6-4-18)28-24-26-12-9-22(29-24)27-20-7-8-21(25)17(2)15-20/h3-9,12,15-16H,10-11,13-14H2,1-2H3,(H2,26,27,28,29). The first-order chi connectivity index (χ1) is 15.0. The molecule has 1 fully saturated rings. The number of hydrogen-bond donors (Lipinski definition) is 2. The van der Waals surface area contributed by atoms with Crippen molar-refractivity contribution in [2.45, 2.75) is 26.7 Å². The van der Waals surface area contributed by atoms with Gasteiger partial charge < -0.3 is 15.5 Å². The zero-order chi connectivity index (χ0) is 21.8. The van der Waals surface area contributed by atoms with E-state index in [1.54, 1.807) is 31.3 Å². The Bertz CT molecular complexity index is 1060. The summed E-state index contributed by atoms with van der Waals surface area (Å²) in [4.78, 5) is 23.3. The Morgan fingerprint density at radius 1 is 1.03 bits per heavy atom. The molecule has 2 aromatic carbocycles. The minimum Gasteiger partial charge on any atom is -0.340 e. The highest BCUT2D eigenvalue weighted by molar-refractivity contribution is 5.94. The zero-order valence-corrected chi connectivity index (χ0v) is 17.7. The summed E-state index contributed by atoms with van der Waals surface area (Å²) in [5.41, 5.74) is 2.78. The van der Waals surface area contributed by atoms with Crippen LogP contribution in [0.15, 0.2) is 54.7 Å². The van der Waals surface area contributed by atoms with Gasteiger partial charge in [0.25, 0.3) is 5.91 Å².